The Labute approximate surface area is 217 Å². The minimum Gasteiger partial charge on any atom is -0.507 e. The molecule has 1 N–H and O–H groups in total. The van der Waals surface area contributed by atoms with E-state index in [1.54, 1.807) is 18.2 Å². The van der Waals surface area contributed by atoms with Gasteiger partial charge in [-0.1, -0.05) is 64.1 Å². The molecule has 37 heavy (non-hydrogen) atoms. The highest BCUT2D eigenvalue weighted by Gasteiger charge is 2.47. The van der Waals surface area contributed by atoms with E-state index in [2.05, 4.69) is 27.7 Å². The Morgan fingerprint density at radius 2 is 1.38 bits per heavy atom. The average Bonchev–Trinajstić information content (AvgIpc) is 3.18. The number of aliphatic hydroxyl groups is 1. The molecule has 0 aromatic heterocycles. The summed E-state index contributed by atoms with van der Waals surface area (Å²) in [6.07, 6.45) is 0. The van der Waals surface area contributed by atoms with Gasteiger partial charge in [0.1, 0.15) is 19.0 Å². The second kappa shape index (κ2) is 9.77. The molecule has 3 aromatic carbocycles. The molecule has 0 spiro atoms. The van der Waals surface area contributed by atoms with Crippen molar-refractivity contribution < 1.29 is 24.2 Å². The summed E-state index contributed by atoms with van der Waals surface area (Å²) in [6, 6.07) is 19.8. The van der Waals surface area contributed by atoms with E-state index in [0.717, 1.165) is 16.7 Å². The summed E-state index contributed by atoms with van der Waals surface area (Å²) in [5.41, 5.74) is 4.07. The average molecular weight is 498 g/mol. The van der Waals surface area contributed by atoms with Gasteiger partial charge in [-0.2, -0.15) is 0 Å². The van der Waals surface area contributed by atoms with E-state index < -0.39 is 17.7 Å². The van der Waals surface area contributed by atoms with E-state index in [1.165, 1.54) is 4.90 Å². The SMILES string of the molecule is CC(C)c1ccc(C2/C(=C(/O)c3ccc4c(c3)OCCO4)C(=O)C(=O)N2c2ccc(C(C)C)cc2)cc1. The zero-order valence-electron chi connectivity index (χ0n) is 21.5. The van der Waals surface area contributed by atoms with E-state index >= 15 is 0 Å². The van der Waals surface area contributed by atoms with Crippen LogP contribution >= 0.6 is 0 Å². The lowest BCUT2D eigenvalue weighted by Gasteiger charge is -2.26. The van der Waals surface area contributed by atoms with Crippen molar-refractivity contribution >= 4 is 23.1 Å². The Balaban J connectivity index is 1.66. The first-order valence-electron chi connectivity index (χ1n) is 12.7. The van der Waals surface area contributed by atoms with Gasteiger partial charge >= 0.3 is 0 Å². The van der Waals surface area contributed by atoms with Crippen molar-refractivity contribution in [3.8, 4) is 11.5 Å². The number of hydrogen-bond acceptors (Lipinski definition) is 5. The monoisotopic (exact) mass is 497 g/mol. The highest BCUT2D eigenvalue weighted by molar-refractivity contribution is 6.51. The van der Waals surface area contributed by atoms with E-state index in [0.29, 0.717) is 47.8 Å². The van der Waals surface area contributed by atoms with Crippen LogP contribution in [0.3, 0.4) is 0 Å². The Morgan fingerprint density at radius 1 is 0.811 bits per heavy atom. The third kappa shape index (κ3) is 4.48. The van der Waals surface area contributed by atoms with Crippen molar-refractivity contribution in [3.05, 3.63) is 94.6 Å². The first-order chi connectivity index (χ1) is 17.8. The van der Waals surface area contributed by atoms with Gasteiger partial charge in [-0.05, 0) is 58.9 Å². The molecule has 2 heterocycles. The molecule has 1 unspecified atom stereocenters. The Bertz CT molecular complexity index is 1370. The standard InChI is InChI=1S/C31H31NO5/c1-18(2)20-5-7-22(8-6-20)28-27(29(33)23-11-14-25-26(17-23)37-16-15-36-25)30(34)31(35)32(28)24-12-9-21(10-13-24)19(3)4/h5-14,17-19,28,33H,15-16H2,1-4H3/b29-27-. The molecule has 190 valence electrons. The van der Waals surface area contributed by atoms with Crippen molar-refractivity contribution in [1.82, 2.24) is 0 Å². The summed E-state index contributed by atoms with van der Waals surface area (Å²) in [6.45, 7) is 9.27. The molecule has 3 aromatic rings. The number of fused-ring (bicyclic) bond motifs is 1. The minimum absolute atomic E-state index is 0.0481. The number of benzene rings is 3. The zero-order valence-corrected chi connectivity index (χ0v) is 21.5. The first kappa shape index (κ1) is 24.6. The topological polar surface area (TPSA) is 76.1 Å². The molecule has 0 aliphatic carbocycles. The quantitative estimate of drug-likeness (QED) is 0.253. The zero-order chi connectivity index (χ0) is 26.3. The van der Waals surface area contributed by atoms with Gasteiger partial charge < -0.3 is 14.6 Å². The van der Waals surface area contributed by atoms with Gasteiger partial charge in [0, 0.05) is 11.3 Å². The lowest BCUT2D eigenvalue weighted by atomic mass is 9.93. The molecule has 1 saturated heterocycles. The number of hydrogen-bond donors (Lipinski definition) is 1. The fourth-order valence-corrected chi connectivity index (χ4v) is 4.84. The number of ether oxygens (including phenoxy) is 2. The fourth-order valence-electron chi connectivity index (χ4n) is 4.84. The third-order valence-corrected chi connectivity index (χ3v) is 7.02. The normalized spacial score (nSPS) is 18.6. The minimum atomic E-state index is -0.778. The molecule has 2 aliphatic rings. The molecule has 0 saturated carbocycles. The lowest BCUT2D eigenvalue weighted by molar-refractivity contribution is -0.132. The maximum atomic E-state index is 13.5. The first-order valence-corrected chi connectivity index (χ1v) is 12.7. The molecule has 1 atom stereocenters. The molecular weight excluding hydrogens is 466 g/mol. The largest absolute Gasteiger partial charge is 0.507 e. The molecule has 0 radical (unpaired) electrons. The van der Waals surface area contributed by atoms with Crippen LogP contribution in [0.1, 0.15) is 67.8 Å². The van der Waals surface area contributed by atoms with Crippen LogP contribution in [0.5, 0.6) is 11.5 Å². The molecule has 1 amide bonds. The Morgan fingerprint density at radius 3 is 1.97 bits per heavy atom. The smallest absolute Gasteiger partial charge is 0.300 e. The van der Waals surface area contributed by atoms with Gasteiger partial charge in [0.25, 0.3) is 11.7 Å². The number of nitrogens with zero attached hydrogens (tertiary/aromatic N) is 1. The van der Waals surface area contributed by atoms with Gasteiger partial charge in [-0.3, -0.25) is 14.5 Å². The van der Waals surface area contributed by atoms with Crippen LogP contribution in [0, 0.1) is 0 Å². The highest BCUT2D eigenvalue weighted by atomic mass is 16.6. The van der Waals surface area contributed by atoms with Crippen molar-refractivity contribution in [3.63, 3.8) is 0 Å². The van der Waals surface area contributed by atoms with Crippen LogP contribution in [0.15, 0.2) is 72.3 Å². The van der Waals surface area contributed by atoms with E-state index in [9.17, 15) is 14.7 Å². The summed E-state index contributed by atoms with van der Waals surface area (Å²) in [5, 5.41) is 11.4. The second-order valence-electron chi connectivity index (χ2n) is 10.1. The van der Waals surface area contributed by atoms with Crippen LogP contribution in [0.2, 0.25) is 0 Å². The van der Waals surface area contributed by atoms with Gasteiger partial charge in [-0.15, -0.1) is 0 Å². The molecular formula is C31H31NO5. The summed E-state index contributed by atoms with van der Waals surface area (Å²) < 4.78 is 11.3. The third-order valence-electron chi connectivity index (χ3n) is 7.02. The van der Waals surface area contributed by atoms with E-state index in [4.69, 9.17) is 9.47 Å². The van der Waals surface area contributed by atoms with Crippen molar-refractivity contribution in [2.45, 2.75) is 45.6 Å². The van der Waals surface area contributed by atoms with Gasteiger partial charge in [0.2, 0.25) is 0 Å². The summed E-state index contributed by atoms with van der Waals surface area (Å²) in [4.78, 5) is 28.4. The van der Waals surface area contributed by atoms with E-state index in [-0.39, 0.29) is 11.3 Å². The number of anilines is 1. The molecule has 5 rings (SSSR count). The van der Waals surface area contributed by atoms with Crippen LogP contribution < -0.4 is 14.4 Å². The van der Waals surface area contributed by atoms with Crippen molar-refractivity contribution in [1.29, 1.82) is 0 Å². The van der Waals surface area contributed by atoms with Crippen LogP contribution in [0.25, 0.3) is 5.76 Å². The Kier molecular flexibility index (Phi) is 6.50. The maximum absolute atomic E-state index is 13.5. The number of rotatable bonds is 5. The maximum Gasteiger partial charge on any atom is 0.300 e. The molecule has 1 fully saturated rings. The van der Waals surface area contributed by atoms with Crippen molar-refractivity contribution in [2.24, 2.45) is 0 Å². The van der Waals surface area contributed by atoms with Gasteiger partial charge in [-0.25, -0.2) is 0 Å². The van der Waals surface area contributed by atoms with Crippen LogP contribution in [-0.4, -0.2) is 30.0 Å². The fraction of sp³-hybridized carbons (Fsp3) is 0.290. The van der Waals surface area contributed by atoms with Crippen LogP contribution in [0.4, 0.5) is 5.69 Å². The molecule has 6 heteroatoms. The second-order valence-corrected chi connectivity index (χ2v) is 10.1. The van der Waals surface area contributed by atoms with E-state index in [1.807, 2.05) is 48.5 Å². The number of carbonyl (C=O) groups excluding carboxylic acids is 2. The summed E-state index contributed by atoms with van der Waals surface area (Å²) >= 11 is 0. The summed E-state index contributed by atoms with van der Waals surface area (Å²) in [7, 11) is 0. The number of ketones is 1. The number of aliphatic hydroxyl groups excluding tert-OH is 1. The molecule has 6 nitrogen and oxygen atoms in total. The lowest BCUT2D eigenvalue weighted by Crippen LogP contribution is -2.29. The number of amides is 1. The number of Topliss-reactive ketones (excluding diaryl/α,β-unsaturated/α-hetero) is 1. The predicted molar refractivity (Wildman–Crippen MR) is 143 cm³/mol. The predicted octanol–water partition coefficient (Wildman–Crippen LogP) is 6.33. The number of carbonyl (C=O) groups is 2. The molecule has 2 aliphatic heterocycles. The summed E-state index contributed by atoms with van der Waals surface area (Å²) in [5.74, 6) is 0.101. The molecule has 0 bridgehead atoms. The highest BCUT2D eigenvalue weighted by Crippen LogP contribution is 2.43. The van der Waals surface area contributed by atoms with Gasteiger partial charge in [0.05, 0.1) is 11.6 Å². The van der Waals surface area contributed by atoms with Crippen LogP contribution in [-0.2, 0) is 9.59 Å². The Hall–Kier alpha value is -4.06. The van der Waals surface area contributed by atoms with Gasteiger partial charge in [0.15, 0.2) is 11.5 Å². The van der Waals surface area contributed by atoms with Crippen molar-refractivity contribution in [2.75, 3.05) is 18.1 Å².